The van der Waals surface area contributed by atoms with Gasteiger partial charge in [-0.15, -0.1) is 0 Å². The van der Waals surface area contributed by atoms with Gasteiger partial charge in [0.1, 0.15) is 6.10 Å². The number of amides is 2. The number of nitrogens with two attached hydrogens (primary N) is 1. The molecular weight excluding hydrogens is 246 g/mol. The highest BCUT2D eigenvalue weighted by molar-refractivity contribution is 5.86. The Kier molecular flexibility index (Phi) is 4.10. The van der Waals surface area contributed by atoms with Gasteiger partial charge >= 0.3 is 0 Å². The van der Waals surface area contributed by atoms with E-state index in [4.69, 9.17) is 10.5 Å². The van der Waals surface area contributed by atoms with Gasteiger partial charge in [0.2, 0.25) is 5.91 Å². The zero-order chi connectivity index (χ0) is 14.0. The molecule has 0 saturated carbocycles. The quantitative estimate of drug-likeness (QED) is 0.738. The molecule has 2 fully saturated rings. The average Bonchev–Trinajstić information content (AvgIpc) is 2.90. The lowest BCUT2D eigenvalue weighted by Gasteiger charge is -2.38. The molecule has 0 aliphatic carbocycles. The van der Waals surface area contributed by atoms with Crippen molar-refractivity contribution in [2.45, 2.75) is 38.3 Å². The number of carbonyl (C=O) groups is 2. The molecular formula is C13H23N3O3. The largest absolute Gasteiger partial charge is 0.368 e. The maximum atomic E-state index is 12.1. The summed E-state index contributed by atoms with van der Waals surface area (Å²) < 4.78 is 5.40. The molecule has 108 valence electrons. The lowest BCUT2D eigenvalue weighted by atomic mass is 10.0. The third-order valence-corrected chi connectivity index (χ3v) is 3.63. The molecule has 19 heavy (non-hydrogen) atoms. The molecule has 2 aliphatic heterocycles. The summed E-state index contributed by atoms with van der Waals surface area (Å²) >= 11 is 0. The molecule has 2 heterocycles. The van der Waals surface area contributed by atoms with Crippen molar-refractivity contribution in [3.63, 3.8) is 0 Å². The summed E-state index contributed by atoms with van der Waals surface area (Å²) in [5.41, 5.74) is 4.97. The van der Waals surface area contributed by atoms with Gasteiger partial charge in [0.05, 0.1) is 5.54 Å². The first-order valence-electron chi connectivity index (χ1n) is 6.88. The van der Waals surface area contributed by atoms with Crippen molar-refractivity contribution < 1.29 is 14.3 Å². The maximum absolute atomic E-state index is 12.1. The van der Waals surface area contributed by atoms with Crippen molar-refractivity contribution in [1.82, 2.24) is 9.80 Å². The number of ether oxygens (including phenoxy) is 1. The van der Waals surface area contributed by atoms with Gasteiger partial charge in [-0.25, -0.2) is 0 Å². The lowest BCUT2D eigenvalue weighted by molar-refractivity contribution is -0.147. The highest BCUT2D eigenvalue weighted by Gasteiger charge is 2.34. The standard InChI is InChI=1S/C13H23N3O3/c1-13(2,14)12(18)16-7-5-15(6-8-16)11(17)10-4-3-9-19-10/h10H,3-9,14H2,1-2H3. The van der Waals surface area contributed by atoms with Crippen LogP contribution >= 0.6 is 0 Å². The molecule has 1 atom stereocenters. The van der Waals surface area contributed by atoms with Gasteiger partial charge in [-0.3, -0.25) is 9.59 Å². The van der Waals surface area contributed by atoms with Crippen LogP contribution in [0.2, 0.25) is 0 Å². The van der Waals surface area contributed by atoms with E-state index in [1.807, 2.05) is 0 Å². The Balaban J connectivity index is 1.85. The van der Waals surface area contributed by atoms with Gasteiger partial charge in [-0.2, -0.15) is 0 Å². The van der Waals surface area contributed by atoms with Gasteiger partial charge in [0, 0.05) is 32.8 Å². The molecule has 6 nitrogen and oxygen atoms in total. The number of hydrogen-bond donors (Lipinski definition) is 1. The van der Waals surface area contributed by atoms with Gasteiger partial charge in [-0.1, -0.05) is 0 Å². The summed E-state index contributed by atoms with van der Waals surface area (Å²) in [6, 6.07) is 0. The Labute approximate surface area is 113 Å². The minimum atomic E-state index is -0.846. The van der Waals surface area contributed by atoms with Crippen LogP contribution in [0.25, 0.3) is 0 Å². The van der Waals surface area contributed by atoms with E-state index in [1.54, 1.807) is 23.6 Å². The fraction of sp³-hybridized carbons (Fsp3) is 0.846. The van der Waals surface area contributed by atoms with Crippen LogP contribution in [0.4, 0.5) is 0 Å². The van der Waals surface area contributed by atoms with E-state index in [1.165, 1.54) is 0 Å². The van der Waals surface area contributed by atoms with Crippen LogP contribution in [0, 0.1) is 0 Å². The highest BCUT2D eigenvalue weighted by atomic mass is 16.5. The van der Waals surface area contributed by atoms with E-state index >= 15 is 0 Å². The molecule has 0 aromatic rings. The average molecular weight is 269 g/mol. The molecule has 0 aromatic carbocycles. The van der Waals surface area contributed by atoms with Crippen LogP contribution in [0.3, 0.4) is 0 Å². The van der Waals surface area contributed by atoms with Crippen LogP contribution in [0.15, 0.2) is 0 Å². The number of rotatable bonds is 2. The molecule has 2 rings (SSSR count). The third-order valence-electron chi connectivity index (χ3n) is 3.63. The van der Waals surface area contributed by atoms with Crippen molar-refractivity contribution in [3.05, 3.63) is 0 Å². The summed E-state index contributed by atoms with van der Waals surface area (Å²) in [5, 5.41) is 0. The van der Waals surface area contributed by atoms with E-state index in [-0.39, 0.29) is 17.9 Å². The fourth-order valence-corrected chi connectivity index (χ4v) is 2.51. The molecule has 2 N–H and O–H groups in total. The van der Waals surface area contributed by atoms with E-state index in [0.717, 1.165) is 12.8 Å². The Morgan fingerprint density at radius 2 is 1.74 bits per heavy atom. The zero-order valence-electron chi connectivity index (χ0n) is 11.7. The Hall–Kier alpha value is -1.14. The Morgan fingerprint density at radius 3 is 2.21 bits per heavy atom. The number of piperazine rings is 1. The lowest BCUT2D eigenvalue weighted by Crippen LogP contribution is -2.58. The van der Waals surface area contributed by atoms with Crippen molar-refractivity contribution in [3.8, 4) is 0 Å². The maximum Gasteiger partial charge on any atom is 0.251 e. The summed E-state index contributed by atoms with van der Waals surface area (Å²) in [4.78, 5) is 27.7. The second-order valence-electron chi connectivity index (χ2n) is 5.84. The molecule has 0 aromatic heterocycles. The molecule has 0 radical (unpaired) electrons. The minimum Gasteiger partial charge on any atom is -0.368 e. The number of hydrogen-bond acceptors (Lipinski definition) is 4. The van der Waals surface area contributed by atoms with E-state index < -0.39 is 5.54 Å². The third kappa shape index (κ3) is 3.25. The number of carbonyl (C=O) groups excluding carboxylic acids is 2. The fourth-order valence-electron chi connectivity index (χ4n) is 2.51. The molecule has 1 unspecified atom stereocenters. The SMILES string of the molecule is CC(C)(N)C(=O)N1CCN(C(=O)C2CCCO2)CC1. The van der Waals surface area contributed by atoms with Gasteiger partial charge in [-0.05, 0) is 26.7 Å². The summed E-state index contributed by atoms with van der Waals surface area (Å²) in [5.74, 6) is 0.00771. The number of nitrogens with zero attached hydrogens (tertiary/aromatic N) is 2. The molecule has 2 amide bonds. The minimum absolute atomic E-state index is 0.0586. The smallest absolute Gasteiger partial charge is 0.251 e. The second kappa shape index (κ2) is 5.46. The van der Waals surface area contributed by atoms with Crippen LogP contribution in [-0.2, 0) is 14.3 Å². The van der Waals surface area contributed by atoms with Crippen molar-refractivity contribution >= 4 is 11.8 Å². The van der Waals surface area contributed by atoms with E-state index in [0.29, 0.717) is 32.8 Å². The van der Waals surface area contributed by atoms with Crippen LogP contribution in [0.5, 0.6) is 0 Å². The summed E-state index contributed by atoms with van der Waals surface area (Å²) in [6.45, 7) is 6.34. The van der Waals surface area contributed by atoms with Gasteiger partial charge < -0.3 is 20.3 Å². The summed E-state index contributed by atoms with van der Waals surface area (Å²) in [6.07, 6.45) is 1.50. The van der Waals surface area contributed by atoms with E-state index in [2.05, 4.69) is 0 Å². The van der Waals surface area contributed by atoms with Crippen LogP contribution in [0.1, 0.15) is 26.7 Å². The first-order valence-corrected chi connectivity index (χ1v) is 6.88. The molecule has 0 bridgehead atoms. The summed E-state index contributed by atoms with van der Waals surface area (Å²) in [7, 11) is 0. The first-order chi connectivity index (χ1) is 8.89. The van der Waals surface area contributed by atoms with Crippen LogP contribution < -0.4 is 5.73 Å². The Morgan fingerprint density at radius 1 is 1.16 bits per heavy atom. The van der Waals surface area contributed by atoms with Gasteiger partial charge in [0.25, 0.3) is 5.91 Å². The predicted octanol–water partition coefficient (Wildman–Crippen LogP) is -0.426. The zero-order valence-corrected chi connectivity index (χ0v) is 11.7. The van der Waals surface area contributed by atoms with Crippen molar-refractivity contribution in [1.29, 1.82) is 0 Å². The normalized spacial score (nSPS) is 24.7. The molecule has 6 heteroatoms. The first kappa shape index (κ1) is 14.3. The Bertz CT molecular complexity index is 351. The van der Waals surface area contributed by atoms with Crippen LogP contribution in [-0.4, -0.2) is 66.0 Å². The monoisotopic (exact) mass is 269 g/mol. The molecule has 2 saturated heterocycles. The predicted molar refractivity (Wildman–Crippen MR) is 70.4 cm³/mol. The second-order valence-corrected chi connectivity index (χ2v) is 5.84. The molecule has 0 spiro atoms. The molecule has 2 aliphatic rings. The van der Waals surface area contributed by atoms with Crippen molar-refractivity contribution in [2.75, 3.05) is 32.8 Å². The van der Waals surface area contributed by atoms with Gasteiger partial charge in [0.15, 0.2) is 0 Å². The van der Waals surface area contributed by atoms with E-state index in [9.17, 15) is 9.59 Å². The van der Waals surface area contributed by atoms with Crippen molar-refractivity contribution in [2.24, 2.45) is 5.73 Å². The highest BCUT2D eigenvalue weighted by Crippen LogP contribution is 2.16. The topological polar surface area (TPSA) is 75.9 Å².